The molecule has 0 amide bonds. The van der Waals surface area contributed by atoms with Crippen LogP contribution >= 0.6 is 0 Å². The van der Waals surface area contributed by atoms with Crippen molar-refractivity contribution in [3.05, 3.63) is 0 Å². The van der Waals surface area contributed by atoms with Crippen molar-refractivity contribution in [3.8, 4) is 0 Å². The van der Waals surface area contributed by atoms with Crippen LogP contribution < -0.4 is 0 Å². The third-order valence-corrected chi connectivity index (χ3v) is 11.1. The highest BCUT2D eigenvalue weighted by Gasteiger charge is 2.19. The third kappa shape index (κ3) is 38.5. The van der Waals surface area contributed by atoms with Gasteiger partial charge in [-0.25, -0.2) is 0 Å². The van der Waals surface area contributed by atoms with E-state index in [1.54, 1.807) is 0 Å². The minimum absolute atomic E-state index is 0.0669. The number of hydrogen-bond acceptors (Lipinski definition) is 6. The molecule has 2 unspecified atom stereocenters. The fourth-order valence-electron chi connectivity index (χ4n) is 6.81. The van der Waals surface area contributed by atoms with Crippen LogP contribution in [0.4, 0.5) is 0 Å². The van der Waals surface area contributed by atoms with Crippen molar-refractivity contribution in [1.29, 1.82) is 0 Å². The molecule has 0 saturated carbocycles. The van der Waals surface area contributed by atoms with Gasteiger partial charge in [-0.1, -0.05) is 208 Å². The molecule has 6 heteroatoms. The normalized spacial score (nSPS) is 13.2. The first-order chi connectivity index (χ1) is 25.7. The Bertz CT molecular complexity index is 826. The maximum absolute atomic E-state index is 12.7. The van der Waals surface area contributed by atoms with E-state index in [0.717, 1.165) is 75.5 Å². The van der Waals surface area contributed by atoms with Crippen molar-refractivity contribution < 1.29 is 28.6 Å². The number of ether oxygens (including phenoxy) is 3. The second-order valence-corrected chi connectivity index (χ2v) is 17.0. The number of carbonyl (C=O) groups is 3. The summed E-state index contributed by atoms with van der Waals surface area (Å²) < 4.78 is 16.7. The third-order valence-electron chi connectivity index (χ3n) is 11.1. The summed E-state index contributed by atoms with van der Waals surface area (Å²) in [7, 11) is 0. The van der Waals surface area contributed by atoms with Crippen molar-refractivity contribution in [1.82, 2.24) is 0 Å². The predicted octanol–water partition coefficient (Wildman–Crippen LogP) is 14.4. The van der Waals surface area contributed by atoms with Crippen LogP contribution in [0.5, 0.6) is 0 Å². The monoisotopic (exact) mass is 751 g/mol. The fraction of sp³-hybridized carbons (Fsp3) is 0.936. The van der Waals surface area contributed by atoms with Crippen molar-refractivity contribution in [2.75, 3.05) is 13.2 Å². The van der Waals surface area contributed by atoms with E-state index in [4.69, 9.17) is 14.2 Å². The first-order valence-electron chi connectivity index (χ1n) is 23.2. The summed E-state index contributed by atoms with van der Waals surface area (Å²) in [4.78, 5) is 37.7. The van der Waals surface area contributed by atoms with Crippen LogP contribution in [0.3, 0.4) is 0 Å². The summed E-state index contributed by atoms with van der Waals surface area (Å²) in [6.45, 7) is 13.6. The van der Waals surface area contributed by atoms with E-state index < -0.39 is 6.10 Å². The second kappa shape index (κ2) is 38.7. The van der Waals surface area contributed by atoms with Gasteiger partial charge in [-0.15, -0.1) is 0 Å². The van der Waals surface area contributed by atoms with Crippen LogP contribution in [0.25, 0.3) is 0 Å². The van der Waals surface area contributed by atoms with Gasteiger partial charge in [-0.05, 0) is 37.0 Å². The van der Waals surface area contributed by atoms with Gasteiger partial charge in [-0.3, -0.25) is 14.4 Å². The summed E-state index contributed by atoms with van der Waals surface area (Å²) in [5.41, 5.74) is 0. The molecule has 314 valence electrons. The Morgan fingerprint density at radius 3 is 0.981 bits per heavy atom. The average Bonchev–Trinajstić information content (AvgIpc) is 3.14. The molecule has 0 aromatic heterocycles. The molecule has 0 bridgehead atoms. The van der Waals surface area contributed by atoms with E-state index in [-0.39, 0.29) is 31.1 Å². The zero-order valence-electron chi connectivity index (χ0n) is 36.3. The molecule has 0 rings (SSSR count). The molecule has 0 aliphatic heterocycles. The van der Waals surface area contributed by atoms with Crippen LogP contribution in [-0.2, 0) is 28.6 Å². The molecule has 0 fully saturated rings. The minimum Gasteiger partial charge on any atom is -0.462 e. The maximum Gasteiger partial charge on any atom is 0.306 e. The lowest BCUT2D eigenvalue weighted by Gasteiger charge is -2.18. The number of unbranched alkanes of at least 4 members (excludes halogenated alkanes) is 21. The molecule has 0 radical (unpaired) electrons. The van der Waals surface area contributed by atoms with Gasteiger partial charge in [-0.2, -0.15) is 0 Å². The predicted molar refractivity (Wildman–Crippen MR) is 224 cm³/mol. The zero-order chi connectivity index (χ0) is 39.2. The highest BCUT2D eigenvalue weighted by molar-refractivity contribution is 5.71. The van der Waals surface area contributed by atoms with Crippen LogP contribution in [-0.4, -0.2) is 37.2 Å². The van der Waals surface area contributed by atoms with Gasteiger partial charge >= 0.3 is 17.9 Å². The Kier molecular flexibility index (Phi) is 37.5. The van der Waals surface area contributed by atoms with Gasteiger partial charge in [0.15, 0.2) is 6.10 Å². The van der Waals surface area contributed by atoms with Gasteiger partial charge < -0.3 is 14.2 Å². The lowest BCUT2D eigenvalue weighted by molar-refractivity contribution is -0.167. The van der Waals surface area contributed by atoms with Crippen molar-refractivity contribution in [3.63, 3.8) is 0 Å². The van der Waals surface area contributed by atoms with E-state index in [1.807, 2.05) is 0 Å². The molecular weight excluding hydrogens is 661 g/mol. The molecule has 0 aromatic rings. The van der Waals surface area contributed by atoms with Crippen molar-refractivity contribution in [2.24, 2.45) is 17.8 Å². The van der Waals surface area contributed by atoms with E-state index in [2.05, 4.69) is 41.5 Å². The van der Waals surface area contributed by atoms with E-state index in [9.17, 15) is 14.4 Å². The number of rotatable bonds is 40. The van der Waals surface area contributed by atoms with Crippen LogP contribution in [0.2, 0.25) is 0 Å². The summed E-state index contributed by atoms with van der Waals surface area (Å²) in [6.07, 6.45) is 35.1. The molecule has 0 spiro atoms. The van der Waals surface area contributed by atoms with Crippen LogP contribution in [0.1, 0.15) is 247 Å². The number of hydrogen-bond donors (Lipinski definition) is 0. The van der Waals surface area contributed by atoms with Crippen LogP contribution in [0.15, 0.2) is 0 Å². The summed E-state index contributed by atoms with van der Waals surface area (Å²) in [5, 5.41) is 0. The molecule has 0 heterocycles. The Hall–Kier alpha value is -1.59. The number of carbonyl (C=O) groups excluding carboxylic acids is 3. The van der Waals surface area contributed by atoms with E-state index in [0.29, 0.717) is 19.3 Å². The van der Waals surface area contributed by atoms with E-state index >= 15 is 0 Å². The number of esters is 3. The Morgan fingerprint density at radius 1 is 0.377 bits per heavy atom. The topological polar surface area (TPSA) is 78.9 Å². The highest BCUT2D eigenvalue weighted by atomic mass is 16.6. The van der Waals surface area contributed by atoms with E-state index in [1.165, 1.54) is 128 Å². The van der Waals surface area contributed by atoms with Gasteiger partial charge in [0.05, 0.1) is 0 Å². The first-order valence-corrected chi connectivity index (χ1v) is 23.2. The van der Waals surface area contributed by atoms with Gasteiger partial charge in [0.2, 0.25) is 0 Å². The summed E-state index contributed by atoms with van der Waals surface area (Å²) in [5.74, 6) is 1.61. The SMILES string of the molecule is CCC(C)CCCCCCCCCCC(=O)OC[C@H](COC(=O)CCCCCCCCCCCCC(C)C)OC(=O)CCCCCCCCC(C)CC. The van der Waals surface area contributed by atoms with Crippen molar-refractivity contribution in [2.45, 2.75) is 253 Å². The van der Waals surface area contributed by atoms with Crippen LogP contribution in [0, 0.1) is 17.8 Å². The average molecular weight is 751 g/mol. The van der Waals surface area contributed by atoms with Gasteiger partial charge in [0.1, 0.15) is 13.2 Å². The fourth-order valence-corrected chi connectivity index (χ4v) is 6.81. The Balaban J connectivity index is 4.35. The molecule has 0 N–H and O–H groups in total. The molecule has 0 aliphatic rings. The first kappa shape index (κ1) is 51.4. The molecule has 0 saturated heterocycles. The molecular formula is C47H90O6. The van der Waals surface area contributed by atoms with Gasteiger partial charge in [0.25, 0.3) is 0 Å². The molecule has 3 atom stereocenters. The summed E-state index contributed by atoms with van der Waals surface area (Å²) in [6, 6.07) is 0. The molecule has 53 heavy (non-hydrogen) atoms. The smallest absolute Gasteiger partial charge is 0.306 e. The quantitative estimate of drug-likeness (QED) is 0.0352. The second-order valence-electron chi connectivity index (χ2n) is 17.0. The van der Waals surface area contributed by atoms with Crippen molar-refractivity contribution >= 4 is 17.9 Å². The Morgan fingerprint density at radius 2 is 0.660 bits per heavy atom. The molecule has 0 aliphatic carbocycles. The standard InChI is InChI=1S/C47H90O6/c1-7-42(5)34-28-22-16-13-14-18-25-31-37-46(49)52-40-44(53-47(50)38-32-26-20-19-23-29-35-43(6)8-2)39-51-45(48)36-30-24-17-12-10-9-11-15-21-27-33-41(3)4/h41-44H,7-40H2,1-6H3/t42?,43?,44-/m0/s1. The zero-order valence-corrected chi connectivity index (χ0v) is 36.3. The molecule has 0 aromatic carbocycles. The maximum atomic E-state index is 12.7. The molecule has 6 nitrogen and oxygen atoms in total. The lowest BCUT2D eigenvalue weighted by Crippen LogP contribution is -2.30. The van der Waals surface area contributed by atoms with Gasteiger partial charge in [0, 0.05) is 19.3 Å². The Labute approximate surface area is 329 Å². The lowest BCUT2D eigenvalue weighted by atomic mass is 9.99. The minimum atomic E-state index is -0.762. The largest absolute Gasteiger partial charge is 0.462 e. The highest BCUT2D eigenvalue weighted by Crippen LogP contribution is 2.18. The summed E-state index contributed by atoms with van der Waals surface area (Å²) >= 11 is 0.